The molecule has 1 aromatic carbocycles. The highest BCUT2D eigenvalue weighted by molar-refractivity contribution is 5.87. The van der Waals surface area contributed by atoms with Crippen LogP contribution >= 0.6 is 0 Å². The van der Waals surface area contributed by atoms with Gasteiger partial charge in [-0.25, -0.2) is 4.79 Å². The average Bonchev–Trinajstić information content (AvgIpc) is 3.23. The number of hydrogen-bond acceptors (Lipinski definition) is 4. The van der Waals surface area contributed by atoms with Crippen molar-refractivity contribution >= 4 is 16.9 Å². The lowest BCUT2D eigenvalue weighted by Gasteiger charge is -2.18. The number of rotatable bonds is 4. The summed E-state index contributed by atoms with van der Waals surface area (Å²) >= 11 is 0. The molecule has 1 fully saturated rings. The van der Waals surface area contributed by atoms with Crippen LogP contribution in [0.5, 0.6) is 5.75 Å². The molecule has 136 valence electrons. The van der Waals surface area contributed by atoms with Crippen molar-refractivity contribution in [3.63, 3.8) is 0 Å². The lowest BCUT2D eigenvalue weighted by atomic mass is 9.93. The first-order valence-corrected chi connectivity index (χ1v) is 9.14. The van der Waals surface area contributed by atoms with Gasteiger partial charge in [0.1, 0.15) is 11.3 Å². The second-order valence-electron chi connectivity index (χ2n) is 7.60. The van der Waals surface area contributed by atoms with E-state index < -0.39 is 5.63 Å². The van der Waals surface area contributed by atoms with Crippen LogP contribution in [0.15, 0.2) is 33.5 Å². The maximum absolute atomic E-state index is 12.4. The SMILES string of the molecule is Cc1c(CC(=O)NC[C@@H]2C[C@H]3C=C[C@H]2C3)c(=O)oc2c(C)c(O)ccc12. The van der Waals surface area contributed by atoms with Gasteiger partial charge in [-0.1, -0.05) is 12.2 Å². The van der Waals surface area contributed by atoms with E-state index >= 15 is 0 Å². The summed E-state index contributed by atoms with van der Waals surface area (Å²) in [6.07, 6.45) is 6.92. The Kier molecular flexibility index (Phi) is 4.10. The van der Waals surface area contributed by atoms with Gasteiger partial charge in [0.15, 0.2) is 0 Å². The Labute approximate surface area is 151 Å². The Morgan fingerprint density at radius 2 is 2.04 bits per heavy atom. The smallest absolute Gasteiger partial charge is 0.340 e. The van der Waals surface area contributed by atoms with E-state index in [1.54, 1.807) is 19.1 Å². The van der Waals surface area contributed by atoms with Crippen molar-refractivity contribution in [3.05, 3.63) is 51.4 Å². The molecule has 3 atom stereocenters. The van der Waals surface area contributed by atoms with Crippen molar-refractivity contribution in [2.24, 2.45) is 17.8 Å². The van der Waals surface area contributed by atoms with Gasteiger partial charge >= 0.3 is 5.63 Å². The van der Waals surface area contributed by atoms with Crippen LogP contribution in [0.3, 0.4) is 0 Å². The van der Waals surface area contributed by atoms with Crippen molar-refractivity contribution in [2.45, 2.75) is 33.1 Å². The second kappa shape index (κ2) is 6.31. The lowest BCUT2D eigenvalue weighted by molar-refractivity contribution is -0.120. The third-order valence-electron chi connectivity index (χ3n) is 5.99. The molecular formula is C21H23NO4. The monoisotopic (exact) mass is 353 g/mol. The lowest BCUT2D eigenvalue weighted by Crippen LogP contribution is -2.33. The third-order valence-corrected chi connectivity index (χ3v) is 5.99. The number of phenolic OH excluding ortho intramolecular Hbond substituents is 1. The fraction of sp³-hybridized carbons (Fsp3) is 0.429. The minimum atomic E-state index is -0.512. The number of carbonyl (C=O) groups excluding carboxylic acids is 1. The van der Waals surface area contributed by atoms with Crippen molar-refractivity contribution in [3.8, 4) is 5.75 Å². The van der Waals surface area contributed by atoms with Crippen LogP contribution in [0.2, 0.25) is 0 Å². The number of allylic oxidation sites excluding steroid dienone is 2. The predicted octanol–water partition coefficient (Wildman–Crippen LogP) is 2.99. The van der Waals surface area contributed by atoms with Gasteiger partial charge in [0.05, 0.1) is 12.0 Å². The number of nitrogens with one attached hydrogen (secondary N) is 1. The number of phenols is 1. The highest BCUT2D eigenvalue weighted by Crippen LogP contribution is 2.42. The fourth-order valence-corrected chi connectivity index (χ4v) is 4.38. The zero-order valence-corrected chi connectivity index (χ0v) is 15.0. The molecule has 2 N–H and O–H groups in total. The standard InChI is InChI=1S/C21H23NO4/c1-11-16-5-6-18(23)12(2)20(16)26-21(25)17(11)9-19(24)22-10-15-8-13-3-4-14(15)7-13/h3-6,13-15,23H,7-10H2,1-2H3,(H,22,24)/t13-,14-,15-/m0/s1. The van der Waals surface area contributed by atoms with Crippen molar-refractivity contribution in [2.75, 3.05) is 6.54 Å². The number of aromatic hydroxyl groups is 1. The van der Waals surface area contributed by atoms with E-state index in [1.807, 2.05) is 6.92 Å². The Hall–Kier alpha value is -2.56. The highest BCUT2D eigenvalue weighted by atomic mass is 16.4. The second-order valence-corrected chi connectivity index (χ2v) is 7.60. The van der Waals surface area contributed by atoms with E-state index in [0.717, 1.165) is 17.4 Å². The molecule has 0 radical (unpaired) electrons. The zero-order valence-electron chi connectivity index (χ0n) is 15.0. The summed E-state index contributed by atoms with van der Waals surface area (Å²) in [5, 5.41) is 13.5. The van der Waals surface area contributed by atoms with Crippen LogP contribution in [0, 0.1) is 31.6 Å². The number of amides is 1. The van der Waals surface area contributed by atoms with Crippen LogP contribution in [-0.2, 0) is 11.2 Å². The number of aryl methyl sites for hydroxylation is 2. The minimum absolute atomic E-state index is 0.0146. The summed E-state index contributed by atoms with van der Waals surface area (Å²) in [7, 11) is 0. The van der Waals surface area contributed by atoms with Crippen LogP contribution < -0.4 is 10.9 Å². The fourth-order valence-electron chi connectivity index (χ4n) is 4.38. The van der Waals surface area contributed by atoms with E-state index in [-0.39, 0.29) is 18.1 Å². The Morgan fingerprint density at radius 1 is 1.23 bits per heavy atom. The molecule has 1 aromatic heterocycles. The summed E-state index contributed by atoms with van der Waals surface area (Å²) in [6, 6.07) is 3.30. The summed E-state index contributed by atoms with van der Waals surface area (Å²) in [4.78, 5) is 24.8. The van der Waals surface area contributed by atoms with Crippen molar-refractivity contribution in [1.29, 1.82) is 0 Å². The topological polar surface area (TPSA) is 79.5 Å². The molecule has 1 saturated carbocycles. The highest BCUT2D eigenvalue weighted by Gasteiger charge is 2.35. The number of fused-ring (bicyclic) bond motifs is 3. The number of carbonyl (C=O) groups is 1. The largest absolute Gasteiger partial charge is 0.508 e. The molecule has 0 saturated heterocycles. The van der Waals surface area contributed by atoms with Gasteiger partial charge in [-0.3, -0.25) is 4.79 Å². The van der Waals surface area contributed by atoms with Gasteiger partial charge < -0.3 is 14.8 Å². The maximum atomic E-state index is 12.4. The molecule has 26 heavy (non-hydrogen) atoms. The van der Waals surface area contributed by atoms with Crippen molar-refractivity contribution < 1.29 is 14.3 Å². The number of hydrogen-bond donors (Lipinski definition) is 2. The molecule has 0 unspecified atom stereocenters. The van der Waals surface area contributed by atoms with Gasteiger partial charge in [-0.15, -0.1) is 0 Å². The molecular weight excluding hydrogens is 330 g/mol. The normalized spacial score (nSPS) is 23.7. The van der Waals surface area contributed by atoms with Crippen LogP contribution in [-0.4, -0.2) is 17.6 Å². The molecule has 0 aliphatic heterocycles. The predicted molar refractivity (Wildman–Crippen MR) is 99.2 cm³/mol. The molecule has 5 nitrogen and oxygen atoms in total. The van der Waals surface area contributed by atoms with Gasteiger partial charge in [0.2, 0.25) is 5.91 Å². The van der Waals surface area contributed by atoms with Crippen LogP contribution in [0.1, 0.15) is 29.5 Å². The maximum Gasteiger partial charge on any atom is 0.340 e. The zero-order chi connectivity index (χ0) is 18.4. The molecule has 2 bridgehead atoms. The summed E-state index contributed by atoms with van der Waals surface area (Å²) in [5.74, 6) is 1.71. The average molecular weight is 353 g/mol. The Bertz CT molecular complexity index is 972. The molecule has 5 heteroatoms. The summed E-state index contributed by atoms with van der Waals surface area (Å²) < 4.78 is 5.40. The van der Waals surface area contributed by atoms with Crippen LogP contribution in [0.4, 0.5) is 0 Å². The first-order chi connectivity index (χ1) is 12.4. The van der Waals surface area contributed by atoms with E-state index in [4.69, 9.17) is 4.42 Å². The first kappa shape index (κ1) is 16.9. The Morgan fingerprint density at radius 3 is 2.73 bits per heavy atom. The molecule has 1 amide bonds. The van der Waals surface area contributed by atoms with Crippen LogP contribution in [0.25, 0.3) is 11.0 Å². The molecule has 2 aromatic rings. The van der Waals surface area contributed by atoms with Gasteiger partial charge in [-0.2, -0.15) is 0 Å². The van der Waals surface area contributed by atoms with E-state index in [2.05, 4.69) is 17.5 Å². The summed E-state index contributed by atoms with van der Waals surface area (Å²) in [5.41, 5.74) is 1.51. The summed E-state index contributed by atoms with van der Waals surface area (Å²) in [6.45, 7) is 4.19. The number of benzene rings is 1. The molecule has 2 aliphatic rings. The molecule has 2 aliphatic carbocycles. The molecule has 4 rings (SSSR count). The Balaban J connectivity index is 1.51. The quantitative estimate of drug-likeness (QED) is 0.654. The van der Waals surface area contributed by atoms with Crippen molar-refractivity contribution in [1.82, 2.24) is 5.32 Å². The van der Waals surface area contributed by atoms with E-state index in [0.29, 0.717) is 41.0 Å². The molecule has 1 heterocycles. The third kappa shape index (κ3) is 2.81. The van der Waals surface area contributed by atoms with Gasteiger partial charge in [0.25, 0.3) is 0 Å². The first-order valence-electron chi connectivity index (χ1n) is 9.14. The minimum Gasteiger partial charge on any atom is -0.508 e. The van der Waals surface area contributed by atoms with E-state index in [1.165, 1.54) is 6.42 Å². The molecule has 0 spiro atoms. The van der Waals surface area contributed by atoms with Gasteiger partial charge in [-0.05, 0) is 62.1 Å². The van der Waals surface area contributed by atoms with E-state index in [9.17, 15) is 14.7 Å². The van der Waals surface area contributed by atoms with Gasteiger partial charge in [0, 0.05) is 17.5 Å².